The molecule has 0 radical (unpaired) electrons. The van der Waals surface area contributed by atoms with Gasteiger partial charge in [-0.15, -0.1) is 0 Å². The molecule has 3 aromatic rings. The van der Waals surface area contributed by atoms with E-state index in [4.69, 9.17) is 10.2 Å². The lowest BCUT2D eigenvalue weighted by Crippen LogP contribution is -2.51. The first-order valence-corrected chi connectivity index (χ1v) is 8.74. The second-order valence-electron chi connectivity index (χ2n) is 6.61. The molecule has 6 heteroatoms. The zero-order valence-electron chi connectivity index (χ0n) is 14.9. The first kappa shape index (κ1) is 17.0. The number of hydrogen-bond donors (Lipinski definition) is 1. The van der Waals surface area contributed by atoms with Gasteiger partial charge in [0.25, 0.3) is 5.91 Å². The average molecular weight is 361 g/mol. The van der Waals surface area contributed by atoms with Crippen molar-refractivity contribution in [3.63, 3.8) is 0 Å². The first-order chi connectivity index (χ1) is 13.0. The van der Waals surface area contributed by atoms with Gasteiger partial charge in [-0.25, -0.2) is 4.98 Å². The van der Waals surface area contributed by atoms with Crippen LogP contribution in [-0.4, -0.2) is 27.7 Å². The minimum atomic E-state index is -0.705. The third-order valence-electron chi connectivity index (χ3n) is 4.86. The smallest absolute Gasteiger partial charge is 0.277 e. The Bertz CT molecular complexity index is 1010. The van der Waals surface area contributed by atoms with Crippen LogP contribution >= 0.6 is 0 Å². The van der Waals surface area contributed by atoms with Crippen molar-refractivity contribution < 1.29 is 14.0 Å². The summed E-state index contributed by atoms with van der Waals surface area (Å²) in [6, 6.07) is 16.4. The molecule has 0 aliphatic carbocycles. The second kappa shape index (κ2) is 6.72. The largest absolute Gasteiger partial charge is 0.441 e. The number of primary amides is 1. The van der Waals surface area contributed by atoms with E-state index < -0.39 is 11.9 Å². The molecule has 6 nitrogen and oxygen atoms in total. The maximum Gasteiger partial charge on any atom is 0.277 e. The van der Waals surface area contributed by atoms with Gasteiger partial charge in [-0.2, -0.15) is 0 Å². The molecule has 0 spiro atoms. The molecule has 2 N–H and O–H groups in total. The number of oxazole rings is 1. The third-order valence-corrected chi connectivity index (χ3v) is 4.86. The first-order valence-electron chi connectivity index (χ1n) is 8.74. The summed E-state index contributed by atoms with van der Waals surface area (Å²) in [6.07, 6.45) is 0.402. The molecule has 0 saturated heterocycles. The van der Waals surface area contributed by atoms with E-state index in [1.54, 1.807) is 6.92 Å². The van der Waals surface area contributed by atoms with Gasteiger partial charge in [-0.3, -0.25) is 9.59 Å². The molecule has 2 amide bonds. The summed E-state index contributed by atoms with van der Waals surface area (Å²) in [4.78, 5) is 31.1. The molecule has 0 bridgehead atoms. The van der Waals surface area contributed by atoms with Gasteiger partial charge in [-0.1, -0.05) is 42.5 Å². The molecule has 1 atom stereocenters. The Morgan fingerprint density at radius 1 is 1.07 bits per heavy atom. The van der Waals surface area contributed by atoms with Gasteiger partial charge >= 0.3 is 0 Å². The Balaban J connectivity index is 1.69. The zero-order chi connectivity index (χ0) is 19.0. The molecule has 27 heavy (non-hydrogen) atoms. The standard InChI is InChI=1S/C21H19N3O3/c1-13-18(23-20(27-13)14-7-3-2-4-8-14)21(26)24-12-16-10-6-5-9-15(16)11-17(24)19(22)25/h2-10,17H,11-12H2,1H3,(H2,22,25)/t17-/m0/s1. The fourth-order valence-electron chi connectivity index (χ4n) is 3.43. The van der Waals surface area contributed by atoms with Crippen LogP contribution in [-0.2, 0) is 17.8 Å². The van der Waals surface area contributed by atoms with E-state index in [1.807, 2.05) is 54.6 Å². The highest BCUT2D eigenvalue weighted by atomic mass is 16.4. The lowest BCUT2D eigenvalue weighted by Gasteiger charge is -2.34. The molecule has 0 unspecified atom stereocenters. The molecule has 1 aliphatic rings. The van der Waals surface area contributed by atoms with Gasteiger partial charge in [0.15, 0.2) is 5.69 Å². The van der Waals surface area contributed by atoms with Crippen LogP contribution in [0.5, 0.6) is 0 Å². The van der Waals surface area contributed by atoms with Gasteiger partial charge in [-0.05, 0) is 30.2 Å². The molecule has 1 aromatic heterocycles. The van der Waals surface area contributed by atoms with Crippen molar-refractivity contribution in [2.24, 2.45) is 5.73 Å². The predicted octanol–water partition coefficient (Wildman–Crippen LogP) is 2.70. The van der Waals surface area contributed by atoms with Gasteiger partial charge in [0.05, 0.1) is 0 Å². The number of benzene rings is 2. The Morgan fingerprint density at radius 3 is 2.44 bits per heavy atom. The topological polar surface area (TPSA) is 89.4 Å². The Kier molecular flexibility index (Phi) is 4.24. The number of carbonyl (C=O) groups excluding carboxylic acids is 2. The number of nitrogens with two attached hydrogens (primary N) is 1. The van der Waals surface area contributed by atoms with Gasteiger partial charge in [0.2, 0.25) is 11.8 Å². The van der Waals surface area contributed by atoms with Crippen LogP contribution in [0.4, 0.5) is 0 Å². The monoisotopic (exact) mass is 361 g/mol. The van der Waals surface area contributed by atoms with Crippen LogP contribution in [0.1, 0.15) is 27.4 Å². The Labute approximate surface area is 156 Å². The second-order valence-corrected chi connectivity index (χ2v) is 6.61. The number of fused-ring (bicyclic) bond motifs is 1. The van der Waals surface area contributed by atoms with E-state index in [1.165, 1.54) is 4.90 Å². The fourth-order valence-corrected chi connectivity index (χ4v) is 3.43. The normalized spacial score (nSPS) is 16.0. The lowest BCUT2D eigenvalue weighted by molar-refractivity contribution is -0.122. The van der Waals surface area contributed by atoms with Gasteiger partial charge in [0.1, 0.15) is 11.8 Å². The molecule has 2 aromatic carbocycles. The average Bonchev–Trinajstić information content (AvgIpc) is 3.08. The predicted molar refractivity (Wildman–Crippen MR) is 99.7 cm³/mol. The van der Waals surface area contributed by atoms with Crippen molar-refractivity contribution in [3.8, 4) is 11.5 Å². The van der Waals surface area contributed by atoms with Crippen molar-refractivity contribution in [1.29, 1.82) is 0 Å². The van der Waals surface area contributed by atoms with Crippen LogP contribution in [0.2, 0.25) is 0 Å². The van der Waals surface area contributed by atoms with Crippen molar-refractivity contribution in [3.05, 3.63) is 77.2 Å². The number of nitrogens with zero attached hydrogens (tertiary/aromatic N) is 2. The maximum atomic E-state index is 13.2. The summed E-state index contributed by atoms with van der Waals surface area (Å²) >= 11 is 0. The van der Waals surface area contributed by atoms with E-state index in [0.717, 1.165) is 16.7 Å². The fraction of sp³-hybridized carbons (Fsp3) is 0.190. The number of carbonyl (C=O) groups is 2. The van der Waals surface area contributed by atoms with Crippen LogP contribution in [0.3, 0.4) is 0 Å². The minimum Gasteiger partial charge on any atom is -0.441 e. The Morgan fingerprint density at radius 2 is 1.74 bits per heavy atom. The highest BCUT2D eigenvalue weighted by Crippen LogP contribution is 2.27. The van der Waals surface area contributed by atoms with Crippen molar-refractivity contribution >= 4 is 11.8 Å². The number of amides is 2. The number of rotatable bonds is 3. The highest BCUT2D eigenvalue weighted by Gasteiger charge is 2.35. The summed E-state index contributed by atoms with van der Waals surface area (Å²) in [5, 5.41) is 0. The van der Waals surface area contributed by atoms with Gasteiger partial charge in [0, 0.05) is 18.5 Å². The van der Waals surface area contributed by atoms with Crippen LogP contribution < -0.4 is 5.73 Å². The maximum absolute atomic E-state index is 13.2. The summed E-state index contributed by atoms with van der Waals surface area (Å²) in [5.74, 6) is -0.0792. The summed E-state index contributed by atoms with van der Waals surface area (Å²) in [6.45, 7) is 2.01. The molecule has 0 saturated carbocycles. The molecular weight excluding hydrogens is 342 g/mol. The molecular formula is C21H19N3O3. The minimum absolute atomic E-state index is 0.208. The van der Waals surface area contributed by atoms with Crippen LogP contribution in [0.15, 0.2) is 59.0 Å². The van der Waals surface area contributed by atoms with Crippen LogP contribution in [0.25, 0.3) is 11.5 Å². The van der Waals surface area contributed by atoms with Crippen molar-refractivity contribution in [2.75, 3.05) is 0 Å². The third kappa shape index (κ3) is 3.10. The Hall–Kier alpha value is -3.41. The van der Waals surface area contributed by atoms with Crippen LogP contribution in [0, 0.1) is 6.92 Å². The zero-order valence-corrected chi connectivity index (χ0v) is 14.9. The summed E-state index contributed by atoms with van der Waals surface area (Å²) in [7, 11) is 0. The molecule has 2 heterocycles. The van der Waals surface area contributed by atoms with E-state index in [0.29, 0.717) is 24.6 Å². The highest BCUT2D eigenvalue weighted by molar-refractivity contribution is 5.97. The lowest BCUT2D eigenvalue weighted by atomic mass is 9.93. The molecule has 0 fully saturated rings. The molecule has 4 rings (SSSR count). The molecule has 1 aliphatic heterocycles. The molecule has 136 valence electrons. The SMILES string of the molecule is Cc1oc(-c2ccccc2)nc1C(=O)N1Cc2ccccc2C[C@H]1C(N)=O. The summed E-state index contributed by atoms with van der Waals surface area (Å²) < 4.78 is 5.70. The van der Waals surface area contributed by atoms with E-state index in [2.05, 4.69) is 4.98 Å². The summed E-state index contributed by atoms with van der Waals surface area (Å²) in [5.41, 5.74) is 8.62. The number of aromatic nitrogens is 1. The number of aryl methyl sites for hydroxylation is 1. The number of hydrogen-bond acceptors (Lipinski definition) is 4. The van der Waals surface area contributed by atoms with Crippen molar-refractivity contribution in [1.82, 2.24) is 9.88 Å². The van der Waals surface area contributed by atoms with E-state index >= 15 is 0 Å². The van der Waals surface area contributed by atoms with E-state index in [-0.39, 0.29) is 11.6 Å². The van der Waals surface area contributed by atoms with E-state index in [9.17, 15) is 9.59 Å². The quantitative estimate of drug-likeness (QED) is 0.777. The van der Waals surface area contributed by atoms with Crippen molar-refractivity contribution in [2.45, 2.75) is 25.9 Å². The van der Waals surface area contributed by atoms with Gasteiger partial charge < -0.3 is 15.1 Å².